The zero-order chi connectivity index (χ0) is 14.7. The molecule has 0 aliphatic heterocycles. The molecule has 102 valence electrons. The van der Waals surface area contributed by atoms with Crippen molar-refractivity contribution in [3.8, 4) is 11.8 Å². The van der Waals surface area contributed by atoms with Crippen LogP contribution in [0.2, 0.25) is 0 Å². The first-order valence-corrected chi connectivity index (χ1v) is 7.82. The molecule has 0 bridgehead atoms. The monoisotopic (exact) mass is 310 g/mol. The van der Waals surface area contributed by atoms with Gasteiger partial charge in [-0.3, -0.25) is 0 Å². The Balaban J connectivity index is 1.87. The predicted molar refractivity (Wildman–Crippen MR) is 87.2 cm³/mol. The molecular formula is C16H10N2OS2. The Morgan fingerprint density at radius 1 is 1.19 bits per heavy atom. The maximum Gasteiger partial charge on any atom is 0.156 e. The van der Waals surface area contributed by atoms with Crippen molar-refractivity contribution in [3.63, 3.8) is 0 Å². The highest BCUT2D eigenvalue weighted by Crippen LogP contribution is 2.34. The van der Waals surface area contributed by atoms with Crippen LogP contribution < -0.4 is 0 Å². The number of allylic oxidation sites excluding steroid dienone is 1. The first-order chi connectivity index (χ1) is 10.2. The van der Waals surface area contributed by atoms with Crippen LogP contribution in [0.3, 0.4) is 0 Å². The van der Waals surface area contributed by atoms with Crippen molar-refractivity contribution >= 4 is 39.4 Å². The lowest BCUT2D eigenvalue weighted by atomic mass is 10.2. The van der Waals surface area contributed by atoms with Crippen LogP contribution in [-0.2, 0) is 0 Å². The van der Waals surface area contributed by atoms with Crippen LogP contribution in [-0.4, -0.2) is 10.1 Å². The Morgan fingerprint density at radius 2 is 1.95 bits per heavy atom. The second-order valence-corrected chi connectivity index (χ2v) is 6.58. The number of phenols is 1. The zero-order valence-electron chi connectivity index (χ0n) is 10.9. The molecule has 0 atom stereocenters. The van der Waals surface area contributed by atoms with Gasteiger partial charge in [-0.1, -0.05) is 24.3 Å². The van der Waals surface area contributed by atoms with Gasteiger partial charge in [-0.25, -0.2) is 4.98 Å². The van der Waals surface area contributed by atoms with E-state index in [2.05, 4.69) is 11.1 Å². The Bertz CT molecular complexity index is 812. The third kappa shape index (κ3) is 3.24. The quantitative estimate of drug-likeness (QED) is 0.564. The summed E-state index contributed by atoms with van der Waals surface area (Å²) in [5, 5.41) is 18.5. The summed E-state index contributed by atoms with van der Waals surface area (Å²) in [5.74, 6) is 0.212. The summed E-state index contributed by atoms with van der Waals surface area (Å²) in [5.41, 5.74) is 1.82. The van der Waals surface area contributed by atoms with Gasteiger partial charge in [-0.05, 0) is 47.7 Å². The van der Waals surface area contributed by atoms with Gasteiger partial charge in [0.1, 0.15) is 11.8 Å². The second kappa shape index (κ2) is 6.00. The minimum atomic E-state index is 0.212. The number of aromatic nitrogens is 1. The third-order valence-corrected chi connectivity index (χ3v) is 4.80. The predicted octanol–water partition coefficient (Wildman–Crippen LogP) is 4.66. The van der Waals surface area contributed by atoms with Gasteiger partial charge in [-0.15, -0.1) is 11.3 Å². The Labute approximate surface area is 130 Å². The fraction of sp³-hybridized carbons (Fsp3) is 0. The Morgan fingerprint density at radius 3 is 2.67 bits per heavy atom. The van der Waals surface area contributed by atoms with E-state index in [9.17, 15) is 10.4 Å². The lowest BCUT2D eigenvalue weighted by molar-refractivity contribution is 0.475. The molecule has 3 nitrogen and oxygen atoms in total. The Kier molecular flexibility index (Phi) is 3.91. The smallest absolute Gasteiger partial charge is 0.156 e. The number of phenolic OH excluding ortho intramolecular Hbond substituents is 1. The molecule has 1 heterocycles. The van der Waals surface area contributed by atoms with Gasteiger partial charge in [0.05, 0.1) is 15.1 Å². The van der Waals surface area contributed by atoms with Gasteiger partial charge in [0.15, 0.2) is 4.34 Å². The molecule has 0 saturated heterocycles. The van der Waals surface area contributed by atoms with Crippen molar-refractivity contribution in [1.29, 1.82) is 5.26 Å². The number of aromatic hydroxyl groups is 1. The van der Waals surface area contributed by atoms with Crippen molar-refractivity contribution in [1.82, 2.24) is 4.98 Å². The molecule has 3 aromatic rings. The number of benzene rings is 2. The molecule has 0 amide bonds. The van der Waals surface area contributed by atoms with E-state index in [1.807, 2.05) is 24.3 Å². The topological polar surface area (TPSA) is 56.9 Å². The molecule has 0 spiro atoms. The number of nitrogens with zero attached hydrogens (tertiary/aromatic N) is 2. The van der Waals surface area contributed by atoms with Gasteiger partial charge in [0.2, 0.25) is 0 Å². The maximum atomic E-state index is 9.27. The molecule has 1 aromatic heterocycles. The van der Waals surface area contributed by atoms with Gasteiger partial charge in [-0.2, -0.15) is 5.26 Å². The van der Waals surface area contributed by atoms with E-state index in [4.69, 9.17) is 0 Å². The number of thiazole rings is 1. The summed E-state index contributed by atoms with van der Waals surface area (Å²) in [6.07, 6.45) is 1.79. The summed E-state index contributed by atoms with van der Waals surface area (Å²) in [6.45, 7) is 0. The first kappa shape index (κ1) is 13.7. The maximum absolute atomic E-state index is 9.27. The number of fused-ring (bicyclic) bond motifs is 1. The lowest BCUT2D eigenvalue weighted by Gasteiger charge is -1.97. The number of thioether (sulfide) groups is 1. The summed E-state index contributed by atoms with van der Waals surface area (Å²) < 4.78 is 1.96. The largest absolute Gasteiger partial charge is 0.508 e. The minimum absolute atomic E-state index is 0.212. The van der Waals surface area contributed by atoms with Crippen molar-refractivity contribution in [3.05, 3.63) is 59.0 Å². The molecule has 0 saturated carbocycles. The fourth-order valence-electron chi connectivity index (χ4n) is 1.80. The zero-order valence-corrected chi connectivity index (χ0v) is 12.5. The average molecular weight is 310 g/mol. The van der Waals surface area contributed by atoms with Crippen LogP contribution in [0, 0.1) is 11.3 Å². The highest BCUT2D eigenvalue weighted by Gasteiger charge is 2.07. The van der Waals surface area contributed by atoms with E-state index in [1.165, 1.54) is 11.8 Å². The molecule has 3 rings (SSSR count). The fourth-order valence-corrected chi connectivity index (χ4v) is 3.77. The van der Waals surface area contributed by atoms with E-state index >= 15 is 0 Å². The van der Waals surface area contributed by atoms with Crippen molar-refractivity contribution in [2.75, 3.05) is 0 Å². The molecule has 1 N–H and O–H groups in total. The van der Waals surface area contributed by atoms with Gasteiger partial charge >= 0.3 is 0 Å². The summed E-state index contributed by atoms with van der Waals surface area (Å²) >= 11 is 2.93. The normalized spacial score (nSPS) is 11.5. The van der Waals surface area contributed by atoms with E-state index in [1.54, 1.807) is 41.7 Å². The van der Waals surface area contributed by atoms with Crippen LogP contribution in [0.25, 0.3) is 16.3 Å². The summed E-state index contributed by atoms with van der Waals surface area (Å²) in [7, 11) is 0. The third-order valence-electron chi connectivity index (χ3n) is 2.77. The van der Waals surface area contributed by atoms with Gasteiger partial charge in [0.25, 0.3) is 0 Å². The molecule has 21 heavy (non-hydrogen) atoms. The molecule has 0 aliphatic rings. The summed E-state index contributed by atoms with van der Waals surface area (Å²) in [6, 6.07) is 16.8. The van der Waals surface area contributed by atoms with E-state index < -0.39 is 0 Å². The van der Waals surface area contributed by atoms with Crippen LogP contribution in [0.4, 0.5) is 0 Å². The molecule has 0 radical (unpaired) electrons. The molecule has 2 aromatic carbocycles. The van der Waals surface area contributed by atoms with Crippen molar-refractivity contribution in [2.45, 2.75) is 4.34 Å². The first-order valence-electron chi connectivity index (χ1n) is 6.19. The second-order valence-electron chi connectivity index (χ2n) is 4.26. The SMILES string of the molecule is N#C/C(=C\c1ccc(O)cc1)Sc1nc2ccccc2s1. The van der Waals surface area contributed by atoms with Crippen molar-refractivity contribution in [2.24, 2.45) is 0 Å². The van der Waals surface area contributed by atoms with Crippen molar-refractivity contribution < 1.29 is 5.11 Å². The number of rotatable bonds is 3. The number of hydrogen-bond donors (Lipinski definition) is 1. The van der Waals surface area contributed by atoms with E-state index in [0.29, 0.717) is 4.91 Å². The molecule has 5 heteroatoms. The highest BCUT2D eigenvalue weighted by molar-refractivity contribution is 8.05. The average Bonchev–Trinajstić information content (AvgIpc) is 2.91. The van der Waals surface area contributed by atoms with E-state index in [-0.39, 0.29) is 5.75 Å². The van der Waals surface area contributed by atoms with Crippen LogP contribution in [0.15, 0.2) is 57.8 Å². The van der Waals surface area contributed by atoms with Gasteiger partial charge in [0, 0.05) is 0 Å². The molecule has 0 unspecified atom stereocenters. The van der Waals surface area contributed by atoms with Crippen LogP contribution in [0.1, 0.15) is 5.56 Å². The number of para-hydroxylation sites is 1. The number of hydrogen-bond acceptors (Lipinski definition) is 5. The molecule has 0 fully saturated rings. The highest BCUT2D eigenvalue weighted by atomic mass is 32.2. The minimum Gasteiger partial charge on any atom is -0.508 e. The Hall–Kier alpha value is -2.29. The standard InChI is InChI=1S/C16H10N2OS2/c17-10-13(9-11-5-7-12(19)8-6-11)20-16-18-14-3-1-2-4-15(14)21-16/h1-9,19H/b13-9+. The van der Waals surface area contributed by atoms with E-state index in [0.717, 1.165) is 20.1 Å². The lowest BCUT2D eigenvalue weighted by Crippen LogP contribution is -1.76. The van der Waals surface area contributed by atoms with Gasteiger partial charge < -0.3 is 5.11 Å². The number of nitriles is 1. The van der Waals surface area contributed by atoms with Crippen LogP contribution >= 0.6 is 23.1 Å². The van der Waals surface area contributed by atoms with Crippen LogP contribution in [0.5, 0.6) is 5.75 Å². The molecular weight excluding hydrogens is 300 g/mol. The molecule has 0 aliphatic carbocycles. The summed E-state index contributed by atoms with van der Waals surface area (Å²) in [4.78, 5) is 5.07.